The summed E-state index contributed by atoms with van der Waals surface area (Å²) >= 11 is 0. The number of para-hydroxylation sites is 1. The zero-order chi connectivity index (χ0) is 48.0. The first-order valence-corrected chi connectivity index (χ1v) is 25.6. The molecule has 1 aliphatic carbocycles. The van der Waals surface area contributed by atoms with Crippen molar-refractivity contribution in [2.75, 3.05) is 0 Å². The van der Waals surface area contributed by atoms with E-state index in [1.165, 1.54) is 148 Å². The molecule has 0 unspecified atom stereocenters. The molecule has 1 aliphatic rings. The van der Waals surface area contributed by atoms with Gasteiger partial charge in [0.25, 0.3) is 0 Å². The number of benzene rings is 13. The number of hydrogen-bond acceptors (Lipinski definition) is 0. The summed E-state index contributed by atoms with van der Waals surface area (Å²) in [6.45, 7) is 0. The van der Waals surface area contributed by atoms with Gasteiger partial charge in [-0.15, -0.1) is 0 Å². The molecule has 340 valence electrons. The van der Waals surface area contributed by atoms with E-state index in [1.54, 1.807) is 0 Å². The van der Waals surface area contributed by atoms with Crippen LogP contribution in [0.1, 0.15) is 17.7 Å². The molecule has 0 amide bonds. The molecule has 15 rings (SSSR count). The molecule has 1 heteroatoms. The molecule has 1 aromatic heterocycles. The number of fused-ring (bicyclic) bond motifs is 9. The fraction of sp³-hybridized carbons (Fsp3) is 0.0278. The van der Waals surface area contributed by atoms with E-state index in [-0.39, 0.29) is 0 Å². The Bertz CT molecular complexity index is 4530. The van der Waals surface area contributed by atoms with Crippen LogP contribution in [0.25, 0.3) is 143 Å². The highest BCUT2D eigenvalue weighted by Gasteiger charge is 2.22. The first-order chi connectivity index (χ1) is 36.2. The summed E-state index contributed by atoms with van der Waals surface area (Å²) in [5, 5.41) is 16.3. The van der Waals surface area contributed by atoms with Crippen molar-refractivity contribution >= 4 is 81.6 Å². The normalized spacial score (nSPS) is 12.5. The van der Waals surface area contributed by atoms with Crippen molar-refractivity contribution in [1.82, 2.24) is 4.57 Å². The molecule has 1 heterocycles. The molecule has 73 heavy (non-hydrogen) atoms. The van der Waals surface area contributed by atoms with Gasteiger partial charge in [0, 0.05) is 22.3 Å². The third-order valence-corrected chi connectivity index (χ3v) is 15.8. The summed E-state index contributed by atoms with van der Waals surface area (Å²) in [6, 6.07) is 92.9. The average Bonchev–Trinajstić information content (AvgIpc) is 3.80. The Morgan fingerprint density at radius 3 is 1.22 bits per heavy atom. The van der Waals surface area contributed by atoms with E-state index in [2.05, 4.69) is 265 Å². The Morgan fingerprint density at radius 1 is 0.274 bits per heavy atom. The highest BCUT2D eigenvalue weighted by atomic mass is 15.0. The van der Waals surface area contributed by atoms with Crippen molar-refractivity contribution in [3.05, 3.63) is 266 Å². The van der Waals surface area contributed by atoms with Gasteiger partial charge in [-0.1, -0.05) is 224 Å². The molecule has 0 N–H and O–H groups in total. The maximum atomic E-state index is 2.48. The molecule has 0 bridgehead atoms. The maximum absolute atomic E-state index is 2.48. The lowest BCUT2D eigenvalue weighted by Crippen LogP contribution is -2.02. The van der Waals surface area contributed by atoms with Crippen LogP contribution in [0.4, 0.5) is 0 Å². The van der Waals surface area contributed by atoms with Crippen LogP contribution in [0.5, 0.6) is 0 Å². The summed E-state index contributed by atoms with van der Waals surface area (Å²) < 4.78 is 2.48. The van der Waals surface area contributed by atoms with E-state index in [1.807, 2.05) is 0 Å². The van der Waals surface area contributed by atoms with Gasteiger partial charge < -0.3 is 4.57 Å². The standard InChI is InChI=1S/C72H47N/c1-3-17-51-43-54(35-31-46(51)15-1)71-63-25-9-10-26-64(63)72(55-36-32-47-16-2-4-18-52(47)44-55)66-45-53(39-42-65(66)71)48-29-33-49(34-30-48)69-59-21-5-7-23-61(59)70(62-24-8-6-22-60(62)69)50-37-40-56(41-38-50)73-67-27-13-11-19-57(67)58-20-12-14-28-68(58)73/h1-13,15-27,29-45H,14,28H2. The Kier molecular flexibility index (Phi) is 9.47. The van der Waals surface area contributed by atoms with Crippen LogP contribution in [0.3, 0.4) is 0 Å². The van der Waals surface area contributed by atoms with E-state index >= 15 is 0 Å². The van der Waals surface area contributed by atoms with Crippen molar-refractivity contribution in [3.63, 3.8) is 0 Å². The number of aromatic nitrogens is 1. The highest BCUT2D eigenvalue weighted by molar-refractivity contribution is 6.24. The zero-order valence-electron chi connectivity index (χ0n) is 40.2. The fourth-order valence-corrected chi connectivity index (χ4v) is 12.5. The molecule has 0 spiro atoms. The van der Waals surface area contributed by atoms with E-state index in [0.29, 0.717) is 0 Å². The van der Waals surface area contributed by atoms with Crippen LogP contribution in [0.15, 0.2) is 255 Å². The second-order valence-electron chi connectivity index (χ2n) is 19.8. The van der Waals surface area contributed by atoms with Crippen LogP contribution in [-0.4, -0.2) is 4.57 Å². The minimum atomic E-state index is 1.04. The summed E-state index contributed by atoms with van der Waals surface area (Å²) in [6.07, 6.45) is 6.74. The third-order valence-electron chi connectivity index (χ3n) is 15.8. The van der Waals surface area contributed by atoms with Crippen molar-refractivity contribution in [2.45, 2.75) is 12.8 Å². The summed E-state index contributed by atoms with van der Waals surface area (Å²) in [7, 11) is 0. The van der Waals surface area contributed by atoms with Gasteiger partial charge in [-0.05, 0) is 170 Å². The average molecular weight is 926 g/mol. The van der Waals surface area contributed by atoms with Gasteiger partial charge in [0.1, 0.15) is 0 Å². The van der Waals surface area contributed by atoms with Crippen molar-refractivity contribution < 1.29 is 0 Å². The number of allylic oxidation sites excluding steroid dienone is 1. The summed E-state index contributed by atoms with van der Waals surface area (Å²) in [5.74, 6) is 0. The molecule has 1 nitrogen and oxygen atoms in total. The molecule has 13 aromatic carbocycles. The van der Waals surface area contributed by atoms with E-state index in [4.69, 9.17) is 0 Å². The maximum Gasteiger partial charge on any atom is 0.0537 e. The zero-order valence-corrected chi connectivity index (χ0v) is 40.2. The van der Waals surface area contributed by atoms with Crippen LogP contribution in [0.2, 0.25) is 0 Å². The van der Waals surface area contributed by atoms with Gasteiger partial charge in [-0.2, -0.15) is 0 Å². The Hall–Kier alpha value is -9.30. The Balaban J connectivity index is 0.871. The molecular weight excluding hydrogens is 879 g/mol. The largest absolute Gasteiger partial charge is 0.313 e. The van der Waals surface area contributed by atoms with Gasteiger partial charge in [0.05, 0.1) is 5.52 Å². The van der Waals surface area contributed by atoms with Crippen LogP contribution in [0, 0.1) is 0 Å². The second-order valence-corrected chi connectivity index (χ2v) is 19.8. The predicted molar refractivity (Wildman–Crippen MR) is 313 cm³/mol. The van der Waals surface area contributed by atoms with Crippen LogP contribution >= 0.6 is 0 Å². The lowest BCUT2D eigenvalue weighted by atomic mass is 9.84. The minimum absolute atomic E-state index is 1.04. The first kappa shape index (κ1) is 41.5. The molecule has 0 radical (unpaired) electrons. The first-order valence-electron chi connectivity index (χ1n) is 25.6. The molecule has 0 fully saturated rings. The lowest BCUT2D eigenvalue weighted by molar-refractivity contribution is 0.888. The Labute approximate surface area is 424 Å². The molecule has 0 aliphatic heterocycles. The van der Waals surface area contributed by atoms with Crippen molar-refractivity contribution in [2.24, 2.45) is 0 Å². The Morgan fingerprint density at radius 2 is 0.671 bits per heavy atom. The van der Waals surface area contributed by atoms with Gasteiger partial charge in [-0.3, -0.25) is 0 Å². The quantitative estimate of drug-likeness (QED) is 0.146. The SMILES string of the molecule is C1=Cc2c(n(-c3ccc(-c4c5ccccc5c(-c5ccc(-c6ccc7c(-c8ccc9ccccc9c8)c8ccccc8c(-c8ccc9ccccc9c8)c7c6)cc5)c5ccccc45)cc3)c3ccccc23)CC1. The number of nitrogens with zero attached hydrogens (tertiary/aromatic N) is 1. The van der Waals surface area contributed by atoms with Crippen molar-refractivity contribution in [3.8, 4) is 61.3 Å². The topological polar surface area (TPSA) is 4.93 Å². The van der Waals surface area contributed by atoms with E-state index in [0.717, 1.165) is 12.8 Å². The lowest BCUT2D eigenvalue weighted by Gasteiger charge is -2.20. The summed E-state index contributed by atoms with van der Waals surface area (Å²) in [4.78, 5) is 0. The van der Waals surface area contributed by atoms with Crippen molar-refractivity contribution in [1.29, 1.82) is 0 Å². The minimum Gasteiger partial charge on any atom is -0.313 e. The van der Waals surface area contributed by atoms with Crippen LogP contribution in [-0.2, 0) is 6.42 Å². The third kappa shape index (κ3) is 6.63. The van der Waals surface area contributed by atoms with Gasteiger partial charge in [-0.25, -0.2) is 0 Å². The van der Waals surface area contributed by atoms with E-state index in [9.17, 15) is 0 Å². The molecule has 14 aromatic rings. The molecule has 0 saturated heterocycles. The monoisotopic (exact) mass is 925 g/mol. The second kappa shape index (κ2) is 16.7. The smallest absolute Gasteiger partial charge is 0.0537 e. The van der Waals surface area contributed by atoms with E-state index < -0.39 is 0 Å². The van der Waals surface area contributed by atoms with Crippen LogP contribution < -0.4 is 0 Å². The number of hydrogen-bond donors (Lipinski definition) is 0. The fourth-order valence-electron chi connectivity index (χ4n) is 12.5. The molecular formula is C72H47N. The molecule has 0 saturated carbocycles. The summed E-state index contributed by atoms with van der Waals surface area (Å²) in [5.41, 5.74) is 17.6. The highest BCUT2D eigenvalue weighted by Crippen LogP contribution is 2.48. The predicted octanol–water partition coefficient (Wildman–Crippen LogP) is 19.8. The number of rotatable bonds is 6. The molecule has 0 atom stereocenters. The van der Waals surface area contributed by atoms with Gasteiger partial charge >= 0.3 is 0 Å². The van der Waals surface area contributed by atoms with Gasteiger partial charge in [0.2, 0.25) is 0 Å². The van der Waals surface area contributed by atoms with Gasteiger partial charge in [0.15, 0.2) is 0 Å².